The molecular weight excluding hydrogens is 287 g/mol. The molecule has 0 amide bonds. The Morgan fingerprint density at radius 2 is 1.47 bits per heavy atom. The van der Waals surface area contributed by atoms with E-state index in [9.17, 15) is 4.57 Å². The molecule has 0 aliphatic rings. The lowest BCUT2D eigenvalue weighted by Crippen LogP contribution is -2.06. The summed E-state index contributed by atoms with van der Waals surface area (Å²) in [6.07, 6.45) is 0. The zero-order valence-electron chi connectivity index (χ0n) is 12.0. The van der Waals surface area contributed by atoms with Gasteiger partial charge in [-0.15, -0.1) is 11.8 Å². The highest BCUT2D eigenvalue weighted by molar-refractivity contribution is 8.02. The molecule has 5 nitrogen and oxygen atoms in total. The Hall–Kier alpha value is 0.160. The van der Waals surface area contributed by atoms with Gasteiger partial charge in [-0.1, -0.05) is 6.92 Å². The lowest BCUT2D eigenvalue weighted by Gasteiger charge is -2.15. The Morgan fingerprint density at radius 3 is 1.89 bits per heavy atom. The van der Waals surface area contributed by atoms with E-state index in [-0.39, 0.29) is 13.2 Å². The third kappa shape index (κ3) is 11.7. The van der Waals surface area contributed by atoms with Crippen LogP contribution in [-0.4, -0.2) is 45.4 Å². The Labute approximate surface area is 120 Å². The van der Waals surface area contributed by atoms with E-state index < -0.39 is 7.60 Å². The molecule has 0 rings (SSSR count). The molecule has 0 N–H and O–H groups in total. The van der Waals surface area contributed by atoms with E-state index in [1.165, 1.54) is 5.82 Å². The zero-order valence-corrected chi connectivity index (χ0v) is 13.7. The number of hydrogen-bond donors (Lipinski definition) is 0. The summed E-state index contributed by atoms with van der Waals surface area (Å²) in [4.78, 5) is 0. The van der Waals surface area contributed by atoms with Crippen LogP contribution < -0.4 is 0 Å². The number of hydrogen-bond acceptors (Lipinski definition) is 6. The fraction of sp³-hybridized carbons (Fsp3) is 0.833. The summed E-state index contributed by atoms with van der Waals surface area (Å²) in [7, 11) is -3.19. The molecule has 19 heavy (non-hydrogen) atoms. The molecule has 0 saturated carbocycles. The minimum absolute atomic E-state index is 0.251. The summed E-state index contributed by atoms with van der Waals surface area (Å²) in [6.45, 7) is 8.36. The number of thioether (sulfide) groups is 1. The van der Waals surface area contributed by atoms with Gasteiger partial charge in [-0.05, 0) is 25.0 Å². The van der Waals surface area contributed by atoms with E-state index in [1.54, 1.807) is 17.2 Å². The molecule has 0 fully saturated rings. The first-order valence-electron chi connectivity index (χ1n) is 6.52. The van der Waals surface area contributed by atoms with Crippen molar-refractivity contribution in [1.82, 2.24) is 0 Å². The van der Waals surface area contributed by atoms with Crippen molar-refractivity contribution in [3.05, 3.63) is 11.2 Å². The quantitative estimate of drug-likeness (QED) is 0.383. The predicted octanol–water partition coefficient (Wildman–Crippen LogP) is 3.51. The molecule has 0 spiro atoms. The van der Waals surface area contributed by atoms with Gasteiger partial charge < -0.3 is 18.5 Å². The van der Waals surface area contributed by atoms with Gasteiger partial charge in [0.05, 0.1) is 26.4 Å². The van der Waals surface area contributed by atoms with E-state index in [1.807, 2.05) is 20.8 Å². The first-order chi connectivity index (χ1) is 9.18. The second-order valence-electron chi connectivity index (χ2n) is 3.34. The number of ether oxygens (including phenoxy) is 2. The molecule has 0 atom stereocenters. The summed E-state index contributed by atoms with van der Waals surface area (Å²) in [5.74, 6) is 2.41. The van der Waals surface area contributed by atoms with Gasteiger partial charge in [0.25, 0.3) is 0 Å². The van der Waals surface area contributed by atoms with Crippen LogP contribution in [0.5, 0.6) is 0 Å². The molecular formula is C12H25O5PS. The molecule has 0 aromatic rings. The fourth-order valence-corrected chi connectivity index (χ4v) is 3.11. The van der Waals surface area contributed by atoms with Gasteiger partial charge in [0.1, 0.15) is 0 Å². The summed E-state index contributed by atoms with van der Waals surface area (Å²) in [5, 5.41) is 1.75. The average Bonchev–Trinajstić information content (AvgIpc) is 2.41. The third-order valence-electron chi connectivity index (χ3n) is 1.91. The molecule has 0 bridgehead atoms. The molecule has 0 aromatic carbocycles. The normalized spacial score (nSPS) is 12.4. The molecule has 0 heterocycles. The number of rotatable bonds is 13. The van der Waals surface area contributed by atoms with Crippen molar-refractivity contribution in [2.45, 2.75) is 20.8 Å². The van der Waals surface area contributed by atoms with Crippen LogP contribution in [0.1, 0.15) is 20.8 Å². The van der Waals surface area contributed by atoms with Crippen molar-refractivity contribution in [2.24, 2.45) is 0 Å². The van der Waals surface area contributed by atoms with Crippen molar-refractivity contribution in [1.29, 1.82) is 0 Å². The van der Waals surface area contributed by atoms with E-state index in [0.29, 0.717) is 26.4 Å². The second kappa shape index (κ2) is 13.2. The van der Waals surface area contributed by atoms with E-state index >= 15 is 0 Å². The van der Waals surface area contributed by atoms with Crippen LogP contribution in [0.15, 0.2) is 11.2 Å². The van der Waals surface area contributed by atoms with Gasteiger partial charge in [0, 0.05) is 19.0 Å². The SMILES string of the molecule is CCOCCOP(=O)(C=CSCC)OCCOCC. The Bertz CT molecular complexity index is 257. The predicted molar refractivity (Wildman–Crippen MR) is 79.8 cm³/mol. The van der Waals surface area contributed by atoms with Crippen LogP contribution in [0.3, 0.4) is 0 Å². The van der Waals surface area contributed by atoms with Crippen LogP contribution in [0.2, 0.25) is 0 Å². The highest BCUT2D eigenvalue weighted by Crippen LogP contribution is 2.50. The van der Waals surface area contributed by atoms with Crippen molar-refractivity contribution in [3.8, 4) is 0 Å². The van der Waals surface area contributed by atoms with Gasteiger partial charge in [-0.3, -0.25) is 4.57 Å². The van der Waals surface area contributed by atoms with Gasteiger partial charge in [-0.25, -0.2) is 0 Å². The van der Waals surface area contributed by atoms with Crippen LogP contribution in [-0.2, 0) is 23.1 Å². The molecule has 0 aromatic heterocycles. The standard InChI is InChI=1S/C12H25O5PS/c1-4-14-7-9-16-18(13,11-12-19-6-3)17-10-8-15-5-2/h11-12H,4-10H2,1-3H3. The summed E-state index contributed by atoms with van der Waals surface area (Å²) >= 11 is 1.55. The highest BCUT2D eigenvalue weighted by atomic mass is 32.2. The second-order valence-corrected chi connectivity index (χ2v) is 6.42. The summed E-state index contributed by atoms with van der Waals surface area (Å²) in [5.41, 5.74) is 0. The lowest BCUT2D eigenvalue weighted by atomic mass is 10.8. The van der Waals surface area contributed by atoms with Crippen molar-refractivity contribution < 1.29 is 23.1 Å². The van der Waals surface area contributed by atoms with Crippen LogP contribution >= 0.6 is 19.4 Å². The first kappa shape index (κ1) is 19.2. The minimum atomic E-state index is -3.19. The molecule has 7 heteroatoms. The van der Waals surface area contributed by atoms with Crippen LogP contribution in [0.25, 0.3) is 0 Å². The first-order valence-corrected chi connectivity index (χ1v) is 9.18. The maximum absolute atomic E-state index is 12.4. The van der Waals surface area contributed by atoms with E-state index in [2.05, 4.69) is 0 Å². The van der Waals surface area contributed by atoms with Crippen LogP contribution in [0.4, 0.5) is 0 Å². The van der Waals surface area contributed by atoms with Gasteiger partial charge in [0.2, 0.25) is 0 Å². The molecule has 0 radical (unpaired) electrons. The maximum atomic E-state index is 12.4. The summed E-state index contributed by atoms with van der Waals surface area (Å²) < 4.78 is 33.3. The maximum Gasteiger partial charge on any atom is 0.354 e. The van der Waals surface area contributed by atoms with E-state index in [4.69, 9.17) is 18.5 Å². The van der Waals surface area contributed by atoms with Gasteiger partial charge in [-0.2, -0.15) is 0 Å². The third-order valence-corrected chi connectivity index (χ3v) is 4.38. The largest absolute Gasteiger partial charge is 0.379 e. The van der Waals surface area contributed by atoms with Gasteiger partial charge >= 0.3 is 7.60 Å². The van der Waals surface area contributed by atoms with Crippen molar-refractivity contribution >= 4 is 19.4 Å². The van der Waals surface area contributed by atoms with Crippen LogP contribution in [0, 0.1) is 0 Å². The summed E-state index contributed by atoms with van der Waals surface area (Å²) in [6, 6.07) is 0. The average molecular weight is 312 g/mol. The van der Waals surface area contributed by atoms with Gasteiger partial charge in [0.15, 0.2) is 0 Å². The Morgan fingerprint density at radius 1 is 0.947 bits per heavy atom. The molecule has 114 valence electrons. The Balaban J connectivity index is 4.15. The van der Waals surface area contributed by atoms with E-state index in [0.717, 1.165) is 5.75 Å². The molecule has 0 unspecified atom stereocenters. The lowest BCUT2D eigenvalue weighted by molar-refractivity contribution is 0.0836. The molecule has 0 aliphatic carbocycles. The highest BCUT2D eigenvalue weighted by Gasteiger charge is 2.20. The monoisotopic (exact) mass is 312 g/mol. The van der Waals surface area contributed by atoms with Crippen molar-refractivity contribution in [2.75, 3.05) is 45.4 Å². The van der Waals surface area contributed by atoms with Crippen molar-refractivity contribution in [3.63, 3.8) is 0 Å². The topological polar surface area (TPSA) is 54.0 Å². The minimum Gasteiger partial charge on any atom is -0.379 e. The smallest absolute Gasteiger partial charge is 0.354 e. The molecule has 0 saturated heterocycles. The zero-order chi connectivity index (χ0) is 14.4. The fourth-order valence-electron chi connectivity index (χ4n) is 1.07. The molecule has 0 aliphatic heterocycles. The Kier molecular flexibility index (Phi) is 13.3.